The lowest BCUT2D eigenvalue weighted by Gasteiger charge is -2.39. The Morgan fingerprint density at radius 2 is 2.05 bits per heavy atom. The van der Waals surface area contributed by atoms with E-state index < -0.39 is 6.04 Å². The van der Waals surface area contributed by atoms with E-state index in [1.807, 2.05) is 6.92 Å². The lowest BCUT2D eigenvalue weighted by atomic mass is 10.0. The maximum absolute atomic E-state index is 12.8. The number of hydrogen-bond donors (Lipinski definition) is 0. The van der Waals surface area contributed by atoms with E-state index in [1.165, 1.54) is 0 Å². The van der Waals surface area contributed by atoms with Crippen molar-refractivity contribution in [2.24, 2.45) is 7.05 Å². The van der Waals surface area contributed by atoms with Gasteiger partial charge in [0.2, 0.25) is 5.91 Å². The normalized spacial score (nSPS) is 19.0. The Morgan fingerprint density at radius 1 is 1.36 bits per heavy atom. The van der Waals surface area contributed by atoms with Gasteiger partial charge in [0, 0.05) is 27.2 Å². The van der Waals surface area contributed by atoms with Crippen LogP contribution in [0.3, 0.4) is 0 Å². The molecule has 0 radical (unpaired) electrons. The quantitative estimate of drug-likeness (QED) is 0.848. The van der Waals surface area contributed by atoms with Gasteiger partial charge in [0.1, 0.15) is 6.04 Å². The van der Waals surface area contributed by atoms with Gasteiger partial charge in [-0.15, -0.1) is 0 Å². The first kappa shape index (κ1) is 16.8. The molecule has 1 unspecified atom stereocenters. The standard InChI is InChI=1S/C15H23ClN4O2/c1-5-6-7-11-14(21)18(3)8-9-20(11)15(22)13-12(16)10(2)19(4)17-13/h11H,5-9H2,1-4H3. The molecule has 1 atom stereocenters. The number of amides is 2. The number of hydrogen-bond acceptors (Lipinski definition) is 3. The molecule has 2 amide bonds. The minimum Gasteiger partial charge on any atom is -0.342 e. The van der Waals surface area contributed by atoms with E-state index >= 15 is 0 Å². The molecule has 1 aliphatic rings. The lowest BCUT2D eigenvalue weighted by Crippen LogP contribution is -2.57. The van der Waals surface area contributed by atoms with Crippen LogP contribution in [0.2, 0.25) is 5.02 Å². The molecular formula is C15H23ClN4O2. The van der Waals surface area contributed by atoms with Gasteiger partial charge in [0.25, 0.3) is 5.91 Å². The van der Waals surface area contributed by atoms with Crippen LogP contribution in [0.15, 0.2) is 0 Å². The molecule has 2 heterocycles. The Hall–Kier alpha value is -1.56. The van der Waals surface area contributed by atoms with Crippen molar-refractivity contribution in [3.8, 4) is 0 Å². The lowest BCUT2D eigenvalue weighted by molar-refractivity contribution is -0.138. The first-order chi connectivity index (χ1) is 10.4. The van der Waals surface area contributed by atoms with Crippen LogP contribution >= 0.6 is 11.6 Å². The van der Waals surface area contributed by atoms with E-state index in [9.17, 15) is 9.59 Å². The summed E-state index contributed by atoms with van der Waals surface area (Å²) in [5, 5.41) is 4.58. The summed E-state index contributed by atoms with van der Waals surface area (Å²) >= 11 is 6.22. The summed E-state index contributed by atoms with van der Waals surface area (Å²) in [4.78, 5) is 28.5. The van der Waals surface area contributed by atoms with Gasteiger partial charge in [0.05, 0.1) is 10.7 Å². The monoisotopic (exact) mass is 326 g/mol. The Morgan fingerprint density at radius 3 is 2.59 bits per heavy atom. The number of carbonyl (C=O) groups excluding carboxylic acids is 2. The highest BCUT2D eigenvalue weighted by Crippen LogP contribution is 2.24. The Balaban J connectivity index is 2.29. The minimum atomic E-state index is -0.412. The molecule has 7 heteroatoms. The summed E-state index contributed by atoms with van der Waals surface area (Å²) in [7, 11) is 3.53. The van der Waals surface area contributed by atoms with Gasteiger partial charge in [-0.25, -0.2) is 0 Å². The van der Waals surface area contributed by atoms with Crippen molar-refractivity contribution in [2.45, 2.75) is 39.2 Å². The van der Waals surface area contributed by atoms with Crippen molar-refractivity contribution in [3.05, 3.63) is 16.4 Å². The Kier molecular flexibility index (Phi) is 5.11. The average Bonchev–Trinajstić information content (AvgIpc) is 2.75. The molecule has 0 aliphatic carbocycles. The van der Waals surface area contributed by atoms with E-state index in [0.29, 0.717) is 24.5 Å². The predicted molar refractivity (Wildman–Crippen MR) is 84.9 cm³/mol. The van der Waals surface area contributed by atoms with Gasteiger partial charge >= 0.3 is 0 Å². The number of likely N-dealkylation sites (N-methyl/N-ethyl adjacent to an activating group) is 1. The van der Waals surface area contributed by atoms with Gasteiger partial charge in [-0.05, 0) is 13.3 Å². The van der Waals surface area contributed by atoms with Gasteiger partial charge in [-0.3, -0.25) is 14.3 Å². The van der Waals surface area contributed by atoms with Crippen molar-refractivity contribution in [1.29, 1.82) is 0 Å². The second kappa shape index (κ2) is 6.69. The van der Waals surface area contributed by atoms with Crippen LogP contribution in [0, 0.1) is 6.92 Å². The molecule has 22 heavy (non-hydrogen) atoms. The fourth-order valence-electron chi connectivity index (χ4n) is 2.69. The van der Waals surface area contributed by atoms with Crippen LogP contribution in [0.5, 0.6) is 0 Å². The van der Waals surface area contributed by atoms with Crippen LogP contribution < -0.4 is 0 Å². The molecule has 1 aliphatic heterocycles. The number of rotatable bonds is 4. The molecule has 0 saturated carbocycles. The van der Waals surface area contributed by atoms with Crippen LogP contribution in [0.25, 0.3) is 0 Å². The number of piperazine rings is 1. The zero-order chi connectivity index (χ0) is 16.4. The molecule has 1 fully saturated rings. The van der Waals surface area contributed by atoms with Crippen LogP contribution in [-0.2, 0) is 11.8 Å². The van der Waals surface area contributed by atoms with Crippen molar-refractivity contribution in [1.82, 2.24) is 19.6 Å². The second-order valence-electron chi connectivity index (χ2n) is 5.79. The molecular weight excluding hydrogens is 304 g/mol. The van der Waals surface area contributed by atoms with E-state index in [-0.39, 0.29) is 17.5 Å². The maximum atomic E-state index is 12.8. The molecule has 0 aromatic carbocycles. The Bertz CT molecular complexity index is 584. The molecule has 0 spiro atoms. The Labute approximate surface area is 136 Å². The molecule has 0 N–H and O–H groups in total. The van der Waals surface area contributed by atoms with Gasteiger partial charge in [-0.2, -0.15) is 5.10 Å². The van der Waals surface area contributed by atoms with Gasteiger partial charge in [0.15, 0.2) is 5.69 Å². The number of aromatic nitrogens is 2. The fraction of sp³-hybridized carbons (Fsp3) is 0.667. The van der Waals surface area contributed by atoms with Crippen LogP contribution in [-0.4, -0.2) is 57.6 Å². The molecule has 1 aromatic heterocycles. The van der Waals surface area contributed by atoms with E-state index in [2.05, 4.69) is 12.0 Å². The summed E-state index contributed by atoms with van der Waals surface area (Å²) in [5.41, 5.74) is 0.982. The molecule has 1 saturated heterocycles. The first-order valence-electron chi connectivity index (χ1n) is 7.63. The number of halogens is 1. The summed E-state index contributed by atoms with van der Waals surface area (Å²) in [6.45, 7) is 4.94. The van der Waals surface area contributed by atoms with E-state index in [0.717, 1.165) is 18.5 Å². The van der Waals surface area contributed by atoms with E-state index in [4.69, 9.17) is 11.6 Å². The van der Waals surface area contributed by atoms with Crippen molar-refractivity contribution in [3.63, 3.8) is 0 Å². The van der Waals surface area contributed by atoms with E-state index in [1.54, 1.807) is 28.6 Å². The number of nitrogens with zero attached hydrogens (tertiary/aromatic N) is 4. The number of carbonyl (C=O) groups is 2. The summed E-state index contributed by atoms with van der Waals surface area (Å²) < 4.78 is 1.59. The number of aryl methyl sites for hydroxylation is 1. The largest absolute Gasteiger partial charge is 0.342 e. The molecule has 1 aromatic rings. The van der Waals surface area contributed by atoms with Crippen LogP contribution in [0.4, 0.5) is 0 Å². The van der Waals surface area contributed by atoms with Gasteiger partial charge in [-0.1, -0.05) is 31.4 Å². The second-order valence-corrected chi connectivity index (χ2v) is 6.17. The summed E-state index contributed by atoms with van der Waals surface area (Å²) in [5.74, 6) is -0.256. The van der Waals surface area contributed by atoms with Gasteiger partial charge < -0.3 is 9.80 Å². The number of unbranched alkanes of at least 4 members (excludes halogenated alkanes) is 1. The van der Waals surface area contributed by atoms with Crippen LogP contribution in [0.1, 0.15) is 42.4 Å². The van der Waals surface area contributed by atoms with Crippen molar-refractivity contribution >= 4 is 23.4 Å². The van der Waals surface area contributed by atoms with Crippen molar-refractivity contribution < 1.29 is 9.59 Å². The molecule has 2 rings (SSSR count). The average molecular weight is 327 g/mol. The molecule has 122 valence electrons. The topological polar surface area (TPSA) is 58.4 Å². The highest BCUT2D eigenvalue weighted by atomic mass is 35.5. The maximum Gasteiger partial charge on any atom is 0.276 e. The third kappa shape index (κ3) is 2.97. The zero-order valence-corrected chi connectivity index (χ0v) is 14.4. The zero-order valence-electron chi connectivity index (χ0n) is 13.6. The molecule has 0 bridgehead atoms. The highest BCUT2D eigenvalue weighted by Gasteiger charge is 2.37. The highest BCUT2D eigenvalue weighted by molar-refractivity contribution is 6.34. The minimum absolute atomic E-state index is 0.00294. The van der Waals surface area contributed by atoms with Crippen molar-refractivity contribution in [2.75, 3.05) is 20.1 Å². The smallest absolute Gasteiger partial charge is 0.276 e. The summed E-state index contributed by atoms with van der Waals surface area (Å²) in [6, 6.07) is -0.412. The SMILES string of the molecule is CCCCC1C(=O)N(C)CCN1C(=O)c1nn(C)c(C)c1Cl. The molecule has 6 nitrogen and oxygen atoms in total. The first-order valence-corrected chi connectivity index (χ1v) is 8.01. The fourth-order valence-corrected chi connectivity index (χ4v) is 2.93. The predicted octanol–water partition coefficient (Wildman–Crippen LogP) is 1.85. The third-order valence-corrected chi connectivity index (χ3v) is 4.72. The third-order valence-electron chi connectivity index (χ3n) is 4.27. The summed E-state index contributed by atoms with van der Waals surface area (Å²) in [6.07, 6.45) is 2.57.